The van der Waals surface area contributed by atoms with E-state index in [1.54, 1.807) is 4.90 Å². The first-order valence-electron chi connectivity index (χ1n) is 16.6. The van der Waals surface area contributed by atoms with E-state index in [2.05, 4.69) is 39.8 Å². The molecule has 0 atom stereocenters. The smallest absolute Gasteiger partial charge is 0.305 e. The van der Waals surface area contributed by atoms with Crippen LogP contribution in [0.5, 0.6) is 5.75 Å². The van der Waals surface area contributed by atoms with Crippen molar-refractivity contribution in [1.29, 1.82) is 0 Å². The molecule has 0 saturated heterocycles. The van der Waals surface area contributed by atoms with Gasteiger partial charge in [-0.2, -0.15) is 0 Å². The van der Waals surface area contributed by atoms with Crippen LogP contribution in [0, 0.1) is 6.92 Å². The number of phenols is 1. The van der Waals surface area contributed by atoms with E-state index in [1.807, 2.05) is 19.1 Å². The molecule has 0 aromatic heterocycles. The molecule has 0 saturated carbocycles. The van der Waals surface area contributed by atoms with Crippen molar-refractivity contribution in [2.75, 3.05) is 26.3 Å². The molecule has 6 heteroatoms. The molecule has 0 aliphatic rings. The predicted octanol–water partition coefficient (Wildman–Crippen LogP) is 8.33. The largest absolute Gasteiger partial charge is 0.507 e. The van der Waals surface area contributed by atoms with Crippen LogP contribution in [0.15, 0.2) is 24.3 Å². The number of allylic oxidation sites excluding steroid dienone is 2. The van der Waals surface area contributed by atoms with E-state index in [0.29, 0.717) is 18.6 Å². The zero-order chi connectivity index (χ0) is 31.2. The molecule has 42 heavy (non-hydrogen) atoms. The number of aromatic hydroxyl groups is 1. The number of phenolic OH excluding ortho intramolecular Hbond substituents is 1. The van der Waals surface area contributed by atoms with Gasteiger partial charge in [0.2, 0.25) is 5.91 Å². The standard InChI is InChI=1S/C36H61NO5/c1-6-7-8-9-10-11-12-13-14-15-16-17-18-19-20-21-34(40)42-27-25-37(24-26-38)33(39)23-22-31-28-30(2)35(41)32(29-31)36(3,4)5/h13-14,28-29,38,41H,6-12,15-27H2,1-5H3. The summed E-state index contributed by atoms with van der Waals surface area (Å²) in [6, 6.07) is 3.90. The van der Waals surface area contributed by atoms with Gasteiger partial charge in [-0.1, -0.05) is 103 Å². The number of nitrogens with zero attached hydrogens (tertiary/aromatic N) is 1. The molecular weight excluding hydrogens is 526 g/mol. The number of amides is 1. The molecule has 0 bridgehead atoms. The number of hydrogen-bond acceptors (Lipinski definition) is 5. The van der Waals surface area contributed by atoms with E-state index in [9.17, 15) is 19.8 Å². The third kappa shape index (κ3) is 16.9. The number of carbonyl (C=O) groups excluding carboxylic acids is 2. The lowest BCUT2D eigenvalue weighted by atomic mass is 9.83. The summed E-state index contributed by atoms with van der Waals surface area (Å²) in [5.74, 6) is 0.00163. The Labute approximate surface area is 256 Å². The highest BCUT2D eigenvalue weighted by atomic mass is 16.5. The van der Waals surface area contributed by atoms with Crippen molar-refractivity contribution < 1.29 is 24.5 Å². The molecule has 0 aliphatic carbocycles. The highest BCUT2D eigenvalue weighted by Gasteiger charge is 2.21. The molecule has 0 unspecified atom stereocenters. The number of esters is 1. The van der Waals surface area contributed by atoms with Gasteiger partial charge in [-0.3, -0.25) is 9.59 Å². The summed E-state index contributed by atoms with van der Waals surface area (Å²) in [6.07, 6.45) is 21.7. The molecule has 0 heterocycles. The Morgan fingerprint density at radius 2 is 1.45 bits per heavy atom. The monoisotopic (exact) mass is 587 g/mol. The lowest BCUT2D eigenvalue weighted by Crippen LogP contribution is -2.36. The number of aliphatic hydroxyl groups is 1. The topological polar surface area (TPSA) is 87.1 Å². The molecule has 2 N–H and O–H groups in total. The predicted molar refractivity (Wildman–Crippen MR) is 174 cm³/mol. The van der Waals surface area contributed by atoms with Gasteiger partial charge in [-0.25, -0.2) is 0 Å². The molecule has 0 fully saturated rings. The number of aryl methyl sites for hydroxylation is 2. The van der Waals surface area contributed by atoms with Crippen molar-refractivity contribution >= 4 is 11.9 Å². The summed E-state index contributed by atoms with van der Waals surface area (Å²) in [7, 11) is 0. The van der Waals surface area contributed by atoms with Crippen LogP contribution in [-0.4, -0.2) is 53.3 Å². The van der Waals surface area contributed by atoms with Gasteiger partial charge in [0.1, 0.15) is 12.4 Å². The number of rotatable bonds is 23. The third-order valence-electron chi connectivity index (χ3n) is 7.79. The molecular formula is C36H61NO5. The number of aliphatic hydroxyl groups excluding tert-OH is 1. The summed E-state index contributed by atoms with van der Waals surface area (Å²) in [4.78, 5) is 26.6. The van der Waals surface area contributed by atoms with E-state index in [0.717, 1.165) is 42.4 Å². The van der Waals surface area contributed by atoms with Crippen molar-refractivity contribution in [2.45, 2.75) is 143 Å². The van der Waals surface area contributed by atoms with Crippen LogP contribution in [0.4, 0.5) is 0 Å². The van der Waals surface area contributed by atoms with Crippen LogP contribution in [0.3, 0.4) is 0 Å². The van der Waals surface area contributed by atoms with Crippen LogP contribution >= 0.6 is 0 Å². The fraction of sp³-hybridized carbons (Fsp3) is 0.722. The quantitative estimate of drug-likeness (QED) is 0.0763. The molecule has 0 radical (unpaired) electrons. The Morgan fingerprint density at radius 3 is 2.05 bits per heavy atom. The second-order valence-corrected chi connectivity index (χ2v) is 12.7. The molecule has 0 spiro atoms. The second-order valence-electron chi connectivity index (χ2n) is 12.7. The first kappa shape index (κ1) is 37.7. The number of carbonyl (C=O) groups is 2. The van der Waals surface area contributed by atoms with E-state index in [4.69, 9.17) is 4.74 Å². The fourth-order valence-corrected chi connectivity index (χ4v) is 5.14. The van der Waals surface area contributed by atoms with E-state index in [1.165, 1.54) is 57.8 Å². The van der Waals surface area contributed by atoms with E-state index >= 15 is 0 Å². The minimum absolute atomic E-state index is 0.0830. The first-order valence-corrected chi connectivity index (χ1v) is 16.6. The third-order valence-corrected chi connectivity index (χ3v) is 7.79. The summed E-state index contributed by atoms with van der Waals surface area (Å²) in [5.41, 5.74) is 2.47. The molecule has 1 amide bonds. The Hall–Kier alpha value is -2.34. The summed E-state index contributed by atoms with van der Waals surface area (Å²) in [5, 5.41) is 19.9. The molecule has 1 rings (SSSR count). The van der Waals surface area contributed by atoms with Crippen molar-refractivity contribution in [3.63, 3.8) is 0 Å². The molecule has 1 aromatic rings. The van der Waals surface area contributed by atoms with E-state index in [-0.39, 0.29) is 50.0 Å². The number of unbranched alkanes of at least 4 members (excludes halogenated alkanes) is 11. The molecule has 0 aliphatic heterocycles. The minimum Gasteiger partial charge on any atom is -0.507 e. The lowest BCUT2D eigenvalue weighted by Gasteiger charge is -2.24. The zero-order valence-corrected chi connectivity index (χ0v) is 27.5. The van der Waals surface area contributed by atoms with Crippen molar-refractivity contribution in [3.05, 3.63) is 41.0 Å². The summed E-state index contributed by atoms with van der Waals surface area (Å²) in [6.45, 7) is 10.8. The molecule has 6 nitrogen and oxygen atoms in total. The van der Waals surface area contributed by atoms with Gasteiger partial charge in [-0.15, -0.1) is 0 Å². The first-order chi connectivity index (χ1) is 20.1. The van der Waals surface area contributed by atoms with Crippen molar-refractivity contribution in [3.8, 4) is 5.75 Å². The van der Waals surface area contributed by atoms with Gasteiger partial charge in [0.25, 0.3) is 0 Å². The van der Waals surface area contributed by atoms with Gasteiger partial charge < -0.3 is 19.8 Å². The molecule has 1 aromatic carbocycles. The highest BCUT2D eigenvalue weighted by Crippen LogP contribution is 2.34. The number of hydrogen-bond donors (Lipinski definition) is 2. The number of benzene rings is 1. The van der Waals surface area contributed by atoms with Gasteiger partial charge >= 0.3 is 5.97 Å². The Balaban J connectivity index is 2.21. The minimum atomic E-state index is -0.224. The maximum Gasteiger partial charge on any atom is 0.305 e. The zero-order valence-electron chi connectivity index (χ0n) is 27.5. The summed E-state index contributed by atoms with van der Waals surface area (Å²) < 4.78 is 5.38. The Bertz CT molecular complexity index is 918. The average molecular weight is 588 g/mol. The fourth-order valence-electron chi connectivity index (χ4n) is 5.14. The number of ether oxygens (including phenoxy) is 1. The van der Waals surface area contributed by atoms with Gasteiger partial charge in [0.05, 0.1) is 13.2 Å². The van der Waals surface area contributed by atoms with Gasteiger partial charge in [0.15, 0.2) is 0 Å². The highest BCUT2D eigenvalue weighted by molar-refractivity contribution is 5.76. The van der Waals surface area contributed by atoms with Crippen LogP contribution in [0.1, 0.15) is 141 Å². The van der Waals surface area contributed by atoms with E-state index < -0.39 is 0 Å². The van der Waals surface area contributed by atoms with Crippen LogP contribution in [-0.2, 0) is 26.2 Å². The van der Waals surface area contributed by atoms with Crippen molar-refractivity contribution in [2.24, 2.45) is 0 Å². The maximum absolute atomic E-state index is 12.9. The Morgan fingerprint density at radius 1 is 0.857 bits per heavy atom. The maximum atomic E-state index is 12.9. The Kier molecular flexibility index (Phi) is 19.9. The molecule has 240 valence electrons. The lowest BCUT2D eigenvalue weighted by molar-refractivity contribution is -0.146. The summed E-state index contributed by atoms with van der Waals surface area (Å²) >= 11 is 0. The second kappa shape index (κ2) is 22.2. The van der Waals surface area contributed by atoms with Gasteiger partial charge in [0, 0.05) is 19.4 Å². The normalized spacial score (nSPS) is 11.8. The van der Waals surface area contributed by atoms with Crippen LogP contribution in [0.2, 0.25) is 0 Å². The average Bonchev–Trinajstić information content (AvgIpc) is 2.94. The van der Waals surface area contributed by atoms with Crippen LogP contribution in [0.25, 0.3) is 0 Å². The van der Waals surface area contributed by atoms with Crippen molar-refractivity contribution in [1.82, 2.24) is 4.90 Å². The SMILES string of the molecule is CCCCCCCCC=CCCCCCCCC(=O)OCCN(CCO)C(=O)CCc1cc(C)c(O)c(C(C)(C)C)c1. The van der Waals surface area contributed by atoms with Gasteiger partial charge in [-0.05, 0) is 67.6 Å². The van der Waals surface area contributed by atoms with Crippen LogP contribution < -0.4 is 0 Å².